The van der Waals surface area contributed by atoms with E-state index in [0.717, 1.165) is 21.3 Å². The molecule has 1 atom stereocenters. The van der Waals surface area contributed by atoms with Gasteiger partial charge in [0, 0.05) is 6.42 Å². The Morgan fingerprint density at radius 2 is 2.04 bits per heavy atom. The van der Waals surface area contributed by atoms with Gasteiger partial charge in [0.25, 0.3) is 0 Å². The monoisotopic (exact) mass is 428 g/mol. The topological polar surface area (TPSA) is 79.9 Å². The number of methoxy groups -OCH3 is 1. The van der Waals surface area contributed by atoms with Crippen molar-refractivity contribution in [3.8, 4) is 5.75 Å². The lowest BCUT2D eigenvalue weighted by atomic mass is 10.1. The molecular weight excluding hydrogens is 408 g/mol. The van der Waals surface area contributed by atoms with Crippen LogP contribution >= 0.6 is 15.9 Å². The van der Waals surface area contributed by atoms with Gasteiger partial charge in [-0.05, 0) is 52.5 Å². The van der Waals surface area contributed by atoms with Crippen LogP contribution in [-0.4, -0.2) is 28.2 Å². The highest BCUT2D eigenvalue weighted by Gasteiger charge is 2.20. The van der Waals surface area contributed by atoms with Crippen molar-refractivity contribution in [2.75, 3.05) is 7.11 Å². The van der Waals surface area contributed by atoms with Crippen LogP contribution in [0.4, 0.5) is 0 Å². The summed E-state index contributed by atoms with van der Waals surface area (Å²) >= 11 is 3.47. The number of ether oxygens (including phenoxy) is 1. The fourth-order valence-electron chi connectivity index (χ4n) is 2.79. The molecule has 3 rings (SSSR count). The van der Waals surface area contributed by atoms with Crippen molar-refractivity contribution < 1.29 is 9.53 Å². The van der Waals surface area contributed by atoms with Crippen LogP contribution in [0.3, 0.4) is 0 Å². The van der Waals surface area contributed by atoms with Gasteiger partial charge in [-0.15, -0.1) is 0 Å². The summed E-state index contributed by atoms with van der Waals surface area (Å²) in [4.78, 5) is 17.0. The Hall–Kier alpha value is -2.67. The Morgan fingerprint density at radius 1 is 1.26 bits per heavy atom. The van der Waals surface area contributed by atoms with Crippen molar-refractivity contribution >= 4 is 21.8 Å². The highest BCUT2D eigenvalue weighted by atomic mass is 79.9. The predicted molar refractivity (Wildman–Crippen MR) is 107 cm³/mol. The lowest BCUT2D eigenvalue weighted by molar-refractivity contribution is -0.121. The van der Waals surface area contributed by atoms with Gasteiger partial charge in [0.1, 0.15) is 17.6 Å². The number of nitrogens with zero attached hydrogens (tertiary/aromatic N) is 2. The molecule has 0 saturated heterocycles. The van der Waals surface area contributed by atoms with E-state index in [2.05, 4.69) is 36.4 Å². The van der Waals surface area contributed by atoms with Gasteiger partial charge < -0.3 is 10.1 Å². The van der Waals surface area contributed by atoms with Crippen molar-refractivity contribution in [1.82, 2.24) is 20.5 Å². The van der Waals surface area contributed by atoms with E-state index in [9.17, 15) is 4.79 Å². The molecule has 0 bridgehead atoms. The second kappa shape index (κ2) is 8.81. The molecule has 0 aliphatic heterocycles. The van der Waals surface area contributed by atoms with Crippen LogP contribution in [0, 0.1) is 6.92 Å². The third kappa shape index (κ3) is 4.95. The number of aromatic amines is 1. The number of rotatable bonds is 7. The Balaban J connectivity index is 1.69. The zero-order valence-electron chi connectivity index (χ0n) is 15.2. The molecule has 1 aromatic heterocycles. The van der Waals surface area contributed by atoms with Crippen LogP contribution in [0.5, 0.6) is 5.75 Å². The molecular formula is C20H21BrN4O2. The van der Waals surface area contributed by atoms with Gasteiger partial charge in [-0.1, -0.05) is 36.4 Å². The number of carbonyl (C=O) groups is 1. The predicted octanol–water partition coefficient (Wildman–Crippen LogP) is 3.72. The molecule has 7 heteroatoms. The maximum Gasteiger partial charge on any atom is 0.221 e. The number of amides is 1. The molecule has 27 heavy (non-hydrogen) atoms. The summed E-state index contributed by atoms with van der Waals surface area (Å²) in [5, 5.41) is 10.1. The molecule has 0 saturated carbocycles. The standard InChI is InChI=1S/C20H21BrN4O2/c1-13-22-20(25-24-13)19(15-6-4-3-5-7-15)23-18(26)11-9-14-8-10-17(27-2)16(21)12-14/h3-8,10,12,19H,9,11H2,1-2H3,(H,23,26)(H,22,24,25)/t19-/m0/s1. The number of aryl methyl sites for hydroxylation is 2. The summed E-state index contributed by atoms with van der Waals surface area (Å²) in [6.07, 6.45) is 0.995. The highest BCUT2D eigenvalue weighted by molar-refractivity contribution is 9.10. The van der Waals surface area contributed by atoms with E-state index in [1.165, 1.54) is 0 Å². The van der Waals surface area contributed by atoms with Gasteiger partial charge in [-0.25, -0.2) is 4.98 Å². The van der Waals surface area contributed by atoms with E-state index in [1.54, 1.807) is 7.11 Å². The number of hydrogen-bond acceptors (Lipinski definition) is 4. The smallest absolute Gasteiger partial charge is 0.221 e. The summed E-state index contributed by atoms with van der Waals surface area (Å²) in [6, 6.07) is 15.2. The van der Waals surface area contributed by atoms with Gasteiger partial charge >= 0.3 is 0 Å². The summed E-state index contributed by atoms with van der Waals surface area (Å²) < 4.78 is 6.11. The molecule has 0 unspecified atom stereocenters. The van der Waals surface area contributed by atoms with Gasteiger partial charge in [0.05, 0.1) is 11.6 Å². The Morgan fingerprint density at radius 3 is 2.67 bits per heavy atom. The summed E-state index contributed by atoms with van der Waals surface area (Å²) in [7, 11) is 1.63. The summed E-state index contributed by atoms with van der Waals surface area (Å²) in [5.74, 6) is 1.98. The van der Waals surface area contributed by atoms with Crippen molar-refractivity contribution in [3.05, 3.63) is 75.8 Å². The molecule has 1 amide bonds. The number of aromatic nitrogens is 3. The van der Waals surface area contributed by atoms with Crippen LogP contribution in [0.2, 0.25) is 0 Å². The first-order valence-electron chi connectivity index (χ1n) is 8.62. The minimum Gasteiger partial charge on any atom is -0.496 e. The van der Waals surface area contributed by atoms with Gasteiger partial charge in [0.15, 0.2) is 5.82 Å². The molecule has 2 N–H and O–H groups in total. The number of carbonyl (C=O) groups excluding carboxylic acids is 1. The van der Waals surface area contributed by atoms with E-state index >= 15 is 0 Å². The zero-order valence-corrected chi connectivity index (χ0v) is 16.8. The lowest BCUT2D eigenvalue weighted by Gasteiger charge is -2.16. The molecule has 0 aliphatic rings. The van der Waals surface area contributed by atoms with Crippen LogP contribution in [0.15, 0.2) is 53.0 Å². The highest BCUT2D eigenvalue weighted by Crippen LogP contribution is 2.26. The SMILES string of the molecule is COc1ccc(CCC(=O)N[C@@H](c2ccccc2)c2n[nH]c(C)n2)cc1Br. The molecule has 0 aliphatic carbocycles. The van der Waals surface area contributed by atoms with Crippen LogP contribution < -0.4 is 10.1 Å². The van der Waals surface area contributed by atoms with Crippen molar-refractivity contribution in [1.29, 1.82) is 0 Å². The minimum atomic E-state index is -0.383. The normalized spacial score (nSPS) is 11.8. The third-order valence-corrected chi connectivity index (χ3v) is 4.79. The van der Waals surface area contributed by atoms with E-state index in [0.29, 0.717) is 24.5 Å². The Labute approximate surface area is 166 Å². The molecule has 6 nitrogen and oxygen atoms in total. The number of benzene rings is 2. The first-order chi connectivity index (χ1) is 13.1. The molecule has 2 aromatic carbocycles. The molecule has 0 fully saturated rings. The minimum absolute atomic E-state index is 0.0572. The van der Waals surface area contributed by atoms with Crippen LogP contribution in [-0.2, 0) is 11.2 Å². The number of halogens is 1. The third-order valence-electron chi connectivity index (χ3n) is 4.17. The number of nitrogens with one attached hydrogen (secondary N) is 2. The van der Waals surface area contributed by atoms with Crippen LogP contribution in [0.1, 0.15) is 35.2 Å². The average molecular weight is 429 g/mol. The maximum absolute atomic E-state index is 12.6. The zero-order chi connectivity index (χ0) is 19.2. The first-order valence-corrected chi connectivity index (χ1v) is 9.41. The number of hydrogen-bond donors (Lipinski definition) is 2. The van der Waals surface area contributed by atoms with Crippen molar-refractivity contribution in [2.45, 2.75) is 25.8 Å². The Bertz CT molecular complexity index is 911. The van der Waals surface area contributed by atoms with Gasteiger partial charge in [-0.3, -0.25) is 9.89 Å². The molecule has 3 aromatic rings. The molecule has 140 valence electrons. The van der Waals surface area contributed by atoms with Crippen LogP contribution in [0.25, 0.3) is 0 Å². The molecule has 1 heterocycles. The van der Waals surface area contributed by atoms with E-state index < -0.39 is 0 Å². The second-order valence-corrected chi connectivity index (χ2v) is 7.01. The Kier molecular flexibility index (Phi) is 6.24. The maximum atomic E-state index is 12.6. The first kappa shape index (κ1) is 19.1. The van der Waals surface area contributed by atoms with Crippen molar-refractivity contribution in [2.24, 2.45) is 0 Å². The fraction of sp³-hybridized carbons (Fsp3) is 0.250. The average Bonchev–Trinajstić information content (AvgIpc) is 3.11. The fourth-order valence-corrected chi connectivity index (χ4v) is 3.38. The second-order valence-electron chi connectivity index (χ2n) is 6.16. The number of H-pyrrole nitrogens is 1. The van der Waals surface area contributed by atoms with E-state index in [4.69, 9.17) is 4.74 Å². The lowest BCUT2D eigenvalue weighted by Crippen LogP contribution is -2.30. The largest absolute Gasteiger partial charge is 0.496 e. The molecule has 0 spiro atoms. The van der Waals surface area contributed by atoms with Gasteiger partial charge in [-0.2, -0.15) is 5.10 Å². The quantitative estimate of drug-likeness (QED) is 0.600. The molecule has 0 radical (unpaired) electrons. The van der Waals surface area contributed by atoms with E-state index in [1.807, 2.05) is 55.5 Å². The van der Waals surface area contributed by atoms with E-state index in [-0.39, 0.29) is 11.9 Å². The summed E-state index contributed by atoms with van der Waals surface area (Å²) in [6.45, 7) is 1.84. The van der Waals surface area contributed by atoms with Gasteiger partial charge in [0.2, 0.25) is 5.91 Å². The van der Waals surface area contributed by atoms with Crippen molar-refractivity contribution in [3.63, 3.8) is 0 Å². The summed E-state index contributed by atoms with van der Waals surface area (Å²) in [5.41, 5.74) is 2.00.